The second kappa shape index (κ2) is 5.67. The quantitative estimate of drug-likeness (QED) is 0.868. The van der Waals surface area contributed by atoms with E-state index in [1.165, 1.54) is 0 Å². The van der Waals surface area contributed by atoms with Crippen LogP contribution in [0.4, 0.5) is 0 Å². The molecule has 1 atom stereocenters. The molecule has 3 N–H and O–H groups in total. The number of aliphatic hydroxyl groups is 1. The van der Waals surface area contributed by atoms with Crippen molar-refractivity contribution < 1.29 is 9.84 Å². The molecule has 2 aromatic carbocycles. The van der Waals surface area contributed by atoms with Crippen molar-refractivity contribution in [3.8, 4) is 11.5 Å². The van der Waals surface area contributed by atoms with Crippen LogP contribution >= 0.6 is 0 Å². The molecule has 0 fully saturated rings. The maximum absolute atomic E-state index is 9.27. The van der Waals surface area contributed by atoms with Crippen LogP contribution < -0.4 is 10.5 Å². The van der Waals surface area contributed by atoms with Crippen molar-refractivity contribution in [2.45, 2.75) is 19.6 Å². The highest BCUT2D eigenvalue weighted by molar-refractivity contribution is 5.42. The van der Waals surface area contributed by atoms with Crippen LogP contribution in [-0.2, 0) is 6.61 Å². The molecule has 0 radical (unpaired) electrons. The van der Waals surface area contributed by atoms with E-state index in [-0.39, 0.29) is 12.6 Å². The van der Waals surface area contributed by atoms with Gasteiger partial charge in [-0.1, -0.05) is 36.4 Å². The summed E-state index contributed by atoms with van der Waals surface area (Å²) in [6.45, 7) is 1.87. The fourth-order valence-electron chi connectivity index (χ4n) is 1.80. The summed E-state index contributed by atoms with van der Waals surface area (Å²) < 4.78 is 5.85. The van der Waals surface area contributed by atoms with Crippen molar-refractivity contribution in [1.29, 1.82) is 0 Å². The first-order chi connectivity index (χ1) is 8.72. The first-order valence-electron chi connectivity index (χ1n) is 5.93. The number of hydrogen-bond donors (Lipinski definition) is 2. The summed E-state index contributed by atoms with van der Waals surface area (Å²) in [5.41, 5.74) is 7.62. The van der Waals surface area contributed by atoms with Gasteiger partial charge in [0.15, 0.2) is 0 Å². The van der Waals surface area contributed by atoms with Crippen LogP contribution in [0, 0.1) is 0 Å². The Hall–Kier alpha value is -1.84. The molecule has 94 valence electrons. The minimum atomic E-state index is -0.0949. The van der Waals surface area contributed by atoms with E-state index < -0.39 is 0 Å². The Balaban J connectivity index is 2.34. The molecule has 2 aromatic rings. The number of nitrogens with two attached hydrogens (primary N) is 1. The van der Waals surface area contributed by atoms with Crippen molar-refractivity contribution in [2.75, 3.05) is 0 Å². The molecule has 0 saturated heterocycles. The lowest BCUT2D eigenvalue weighted by molar-refractivity contribution is 0.276. The molecular formula is C15H17NO2. The molecule has 0 amide bonds. The Kier molecular flexibility index (Phi) is 3.97. The van der Waals surface area contributed by atoms with Crippen LogP contribution in [0.15, 0.2) is 48.5 Å². The summed E-state index contributed by atoms with van der Waals surface area (Å²) >= 11 is 0. The number of rotatable bonds is 4. The van der Waals surface area contributed by atoms with Gasteiger partial charge in [-0.25, -0.2) is 0 Å². The van der Waals surface area contributed by atoms with Crippen LogP contribution in [0.2, 0.25) is 0 Å². The number of para-hydroxylation sites is 2. The van der Waals surface area contributed by atoms with Crippen molar-refractivity contribution in [2.24, 2.45) is 5.73 Å². The molecule has 0 spiro atoms. The van der Waals surface area contributed by atoms with E-state index in [0.717, 1.165) is 16.9 Å². The lowest BCUT2D eigenvalue weighted by Crippen LogP contribution is -2.06. The second-order valence-corrected chi connectivity index (χ2v) is 4.19. The maximum Gasteiger partial charge on any atom is 0.132 e. The van der Waals surface area contributed by atoms with Gasteiger partial charge in [-0.15, -0.1) is 0 Å². The van der Waals surface area contributed by atoms with E-state index in [9.17, 15) is 5.11 Å². The topological polar surface area (TPSA) is 55.5 Å². The number of aliphatic hydroxyl groups excluding tert-OH is 1. The number of benzene rings is 2. The molecule has 0 aliphatic carbocycles. The van der Waals surface area contributed by atoms with Crippen LogP contribution in [0.25, 0.3) is 0 Å². The zero-order valence-corrected chi connectivity index (χ0v) is 10.3. The standard InChI is InChI=1S/C15H17NO2/c1-11(16)13-7-3-5-9-15(13)18-14-8-4-2-6-12(14)10-17/h2-9,11,17H,10,16H2,1H3/t11-/m1/s1. The monoisotopic (exact) mass is 243 g/mol. The van der Waals surface area contributed by atoms with Crippen LogP contribution in [-0.4, -0.2) is 5.11 Å². The van der Waals surface area contributed by atoms with Crippen molar-refractivity contribution in [3.63, 3.8) is 0 Å². The first-order valence-corrected chi connectivity index (χ1v) is 5.93. The molecule has 0 aliphatic rings. The van der Waals surface area contributed by atoms with Gasteiger partial charge in [0.2, 0.25) is 0 Å². The summed E-state index contributed by atoms with van der Waals surface area (Å²) in [4.78, 5) is 0. The molecule has 0 saturated carbocycles. The predicted octanol–water partition coefficient (Wildman–Crippen LogP) is 2.99. The van der Waals surface area contributed by atoms with Crippen molar-refractivity contribution in [3.05, 3.63) is 59.7 Å². The highest BCUT2D eigenvalue weighted by Gasteiger charge is 2.09. The highest BCUT2D eigenvalue weighted by atomic mass is 16.5. The van der Waals surface area contributed by atoms with Gasteiger partial charge < -0.3 is 15.6 Å². The third-order valence-electron chi connectivity index (χ3n) is 2.77. The Bertz CT molecular complexity index is 523. The fourth-order valence-corrected chi connectivity index (χ4v) is 1.80. The zero-order valence-electron chi connectivity index (χ0n) is 10.3. The van der Waals surface area contributed by atoms with Gasteiger partial charge in [0.1, 0.15) is 11.5 Å². The van der Waals surface area contributed by atoms with Gasteiger partial charge in [0.05, 0.1) is 6.61 Å². The van der Waals surface area contributed by atoms with E-state index >= 15 is 0 Å². The summed E-state index contributed by atoms with van der Waals surface area (Å²) in [5.74, 6) is 1.39. The van der Waals surface area contributed by atoms with Gasteiger partial charge in [0.25, 0.3) is 0 Å². The summed E-state index contributed by atoms with van der Waals surface area (Å²) in [5, 5.41) is 9.27. The first kappa shape index (κ1) is 12.6. The van der Waals surface area contributed by atoms with Crippen molar-refractivity contribution >= 4 is 0 Å². The Morgan fingerprint density at radius 3 is 2.33 bits per heavy atom. The second-order valence-electron chi connectivity index (χ2n) is 4.19. The molecule has 2 rings (SSSR count). The van der Waals surface area contributed by atoms with Gasteiger partial charge >= 0.3 is 0 Å². The fraction of sp³-hybridized carbons (Fsp3) is 0.200. The van der Waals surface area contributed by atoms with Crippen molar-refractivity contribution in [1.82, 2.24) is 0 Å². The van der Waals surface area contributed by atoms with Gasteiger partial charge in [0, 0.05) is 17.2 Å². The minimum absolute atomic E-state index is 0.0451. The molecule has 18 heavy (non-hydrogen) atoms. The zero-order chi connectivity index (χ0) is 13.0. The third-order valence-corrected chi connectivity index (χ3v) is 2.77. The number of hydrogen-bond acceptors (Lipinski definition) is 3. The van der Waals surface area contributed by atoms with Crippen LogP contribution in [0.3, 0.4) is 0 Å². The molecule has 0 aliphatic heterocycles. The maximum atomic E-state index is 9.27. The average molecular weight is 243 g/mol. The lowest BCUT2D eigenvalue weighted by Gasteiger charge is -2.15. The molecular weight excluding hydrogens is 226 g/mol. The summed E-state index contributed by atoms with van der Waals surface area (Å²) in [6.07, 6.45) is 0. The molecule has 0 heterocycles. The Morgan fingerprint density at radius 2 is 1.67 bits per heavy atom. The average Bonchev–Trinajstić information content (AvgIpc) is 2.40. The molecule has 3 heteroatoms. The molecule has 0 unspecified atom stereocenters. The van der Waals surface area contributed by atoms with E-state index in [2.05, 4.69) is 0 Å². The van der Waals surface area contributed by atoms with Crippen LogP contribution in [0.5, 0.6) is 11.5 Å². The molecule has 0 aromatic heterocycles. The minimum Gasteiger partial charge on any atom is -0.457 e. The summed E-state index contributed by atoms with van der Waals surface area (Å²) in [6, 6.07) is 15.0. The lowest BCUT2D eigenvalue weighted by atomic mass is 10.1. The van der Waals surface area contributed by atoms with E-state index in [1.807, 2.05) is 55.5 Å². The number of ether oxygens (including phenoxy) is 1. The van der Waals surface area contributed by atoms with E-state index in [1.54, 1.807) is 0 Å². The van der Waals surface area contributed by atoms with E-state index in [0.29, 0.717) is 5.75 Å². The Labute approximate surface area is 107 Å². The Morgan fingerprint density at radius 1 is 1.06 bits per heavy atom. The smallest absolute Gasteiger partial charge is 0.132 e. The molecule has 0 bridgehead atoms. The van der Waals surface area contributed by atoms with E-state index in [4.69, 9.17) is 10.5 Å². The van der Waals surface area contributed by atoms with Crippen LogP contribution in [0.1, 0.15) is 24.1 Å². The third kappa shape index (κ3) is 2.70. The normalized spacial score (nSPS) is 12.2. The summed E-state index contributed by atoms with van der Waals surface area (Å²) in [7, 11) is 0. The van der Waals surface area contributed by atoms with Gasteiger partial charge in [-0.3, -0.25) is 0 Å². The predicted molar refractivity (Wildman–Crippen MR) is 71.5 cm³/mol. The molecule has 3 nitrogen and oxygen atoms in total. The largest absolute Gasteiger partial charge is 0.457 e. The van der Waals surface area contributed by atoms with Gasteiger partial charge in [-0.2, -0.15) is 0 Å². The van der Waals surface area contributed by atoms with Gasteiger partial charge in [-0.05, 0) is 19.1 Å². The highest BCUT2D eigenvalue weighted by Crippen LogP contribution is 2.30. The SMILES string of the molecule is C[C@@H](N)c1ccccc1Oc1ccccc1CO.